The summed E-state index contributed by atoms with van der Waals surface area (Å²) in [5.74, 6) is 0. The fraction of sp³-hybridized carbons (Fsp3) is 0.529. The number of nitrogens with zero attached hydrogens (tertiary/aromatic N) is 2. The molecule has 1 aliphatic rings. The molecule has 1 saturated heterocycles. The number of benzene rings is 1. The number of amides is 1. The Bertz CT molecular complexity index is 893. The molecule has 1 fully saturated rings. The molecule has 0 saturated carbocycles. The van der Waals surface area contributed by atoms with Crippen LogP contribution in [-0.2, 0) is 10.9 Å². The standard InChI is InChI=1S/C17H20F3N3O3/c1-16(2,3)26-15(25)22-7-6-11(9-22)23-13-5-4-10(17(18,19)20)8-12(13)21-14(23)24/h4-5,8,11H,6-7,9H2,1-3H3,(H,21,24)/t11-/m0/s1. The average Bonchev–Trinajstić information content (AvgIpc) is 3.06. The van der Waals surface area contributed by atoms with Crippen LogP contribution in [0.15, 0.2) is 23.0 Å². The van der Waals surface area contributed by atoms with Crippen LogP contribution in [0.5, 0.6) is 0 Å². The molecule has 6 nitrogen and oxygen atoms in total. The highest BCUT2D eigenvalue weighted by Gasteiger charge is 2.34. The minimum absolute atomic E-state index is 0.126. The van der Waals surface area contributed by atoms with Crippen LogP contribution in [0.4, 0.5) is 18.0 Å². The number of ether oxygens (including phenoxy) is 1. The zero-order valence-electron chi connectivity index (χ0n) is 14.7. The molecule has 1 atom stereocenters. The van der Waals surface area contributed by atoms with E-state index in [1.165, 1.54) is 15.5 Å². The lowest BCUT2D eigenvalue weighted by molar-refractivity contribution is -0.137. The molecule has 1 aliphatic heterocycles. The van der Waals surface area contributed by atoms with E-state index < -0.39 is 29.1 Å². The van der Waals surface area contributed by atoms with Crippen LogP contribution in [0, 0.1) is 0 Å². The fourth-order valence-electron chi connectivity index (χ4n) is 3.11. The maximum atomic E-state index is 12.8. The van der Waals surface area contributed by atoms with Gasteiger partial charge in [0.2, 0.25) is 0 Å². The van der Waals surface area contributed by atoms with Gasteiger partial charge in [-0.3, -0.25) is 4.57 Å². The molecule has 1 aromatic carbocycles. The Morgan fingerprint density at radius 2 is 1.96 bits per heavy atom. The van der Waals surface area contributed by atoms with Crippen LogP contribution in [0.3, 0.4) is 0 Å². The molecule has 3 rings (SSSR count). The number of halogens is 3. The van der Waals surface area contributed by atoms with Crippen molar-refractivity contribution in [1.29, 1.82) is 0 Å². The molecule has 0 radical (unpaired) electrons. The van der Waals surface area contributed by atoms with Gasteiger partial charge in [0.25, 0.3) is 0 Å². The molecule has 26 heavy (non-hydrogen) atoms. The van der Waals surface area contributed by atoms with Crippen molar-refractivity contribution in [3.63, 3.8) is 0 Å². The number of fused-ring (bicyclic) bond motifs is 1. The van der Waals surface area contributed by atoms with Gasteiger partial charge in [0.15, 0.2) is 0 Å². The second-order valence-electron chi connectivity index (χ2n) is 7.40. The third-order valence-corrected chi connectivity index (χ3v) is 4.22. The summed E-state index contributed by atoms with van der Waals surface area (Å²) >= 11 is 0. The maximum Gasteiger partial charge on any atom is 0.416 e. The lowest BCUT2D eigenvalue weighted by Gasteiger charge is -2.24. The van der Waals surface area contributed by atoms with Gasteiger partial charge in [-0.1, -0.05) is 0 Å². The summed E-state index contributed by atoms with van der Waals surface area (Å²) in [5.41, 5.74) is -1.42. The fourth-order valence-corrected chi connectivity index (χ4v) is 3.11. The van der Waals surface area contributed by atoms with Crippen molar-refractivity contribution in [3.8, 4) is 0 Å². The van der Waals surface area contributed by atoms with E-state index in [1.807, 2.05) is 0 Å². The van der Waals surface area contributed by atoms with Crippen LogP contribution in [0.1, 0.15) is 38.8 Å². The van der Waals surface area contributed by atoms with Crippen molar-refractivity contribution in [2.75, 3.05) is 13.1 Å². The number of hydrogen-bond acceptors (Lipinski definition) is 3. The van der Waals surface area contributed by atoms with Gasteiger partial charge >= 0.3 is 18.0 Å². The quantitative estimate of drug-likeness (QED) is 0.834. The van der Waals surface area contributed by atoms with Gasteiger partial charge in [-0.15, -0.1) is 0 Å². The minimum Gasteiger partial charge on any atom is -0.444 e. The molecule has 2 heterocycles. The Kier molecular flexibility index (Phi) is 4.28. The third kappa shape index (κ3) is 3.56. The number of aromatic amines is 1. The SMILES string of the molecule is CC(C)(C)OC(=O)N1CC[C@H](n2c(=O)[nH]c3cc(C(F)(F)F)ccc32)C1. The van der Waals surface area contributed by atoms with E-state index in [9.17, 15) is 22.8 Å². The van der Waals surface area contributed by atoms with E-state index in [4.69, 9.17) is 4.74 Å². The van der Waals surface area contributed by atoms with Crippen molar-refractivity contribution >= 4 is 17.1 Å². The first-order chi connectivity index (χ1) is 12.0. The van der Waals surface area contributed by atoms with Crippen molar-refractivity contribution in [1.82, 2.24) is 14.5 Å². The molecule has 2 aromatic rings. The number of H-pyrrole nitrogens is 1. The van der Waals surface area contributed by atoms with Crippen LogP contribution >= 0.6 is 0 Å². The van der Waals surface area contributed by atoms with E-state index in [2.05, 4.69) is 4.98 Å². The lowest BCUT2D eigenvalue weighted by Crippen LogP contribution is -2.36. The zero-order chi connectivity index (χ0) is 19.3. The van der Waals surface area contributed by atoms with Gasteiger partial charge in [0.05, 0.1) is 22.6 Å². The predicted octanol–water partition coefficient (Wildman–Crippen LogP) is 3.53. The summed E-state index contributed by atoms with van der Waals surface area (Å²) in [7, 11) is 0. The number of carbonyl (C=O) groups excluding carboxylic acids is 1. The molecule has 1 amide bonds. The van der Waals surface area contributed by atoms with Crippen LogP contribution in [-0.4, -0.2) is 39.2 Å². The highest BCUT2D eigenvalue weighted by Crippen LogP contribution is 2.32. The number of likely N-dealkylation sites (tertiary alicyclic amines) is 1. The van der Waals surface area contributed by atoms with Gasteiger partial charge in [-0.25, -0.2) is 9.59 Å². The second-order valence-corrected chi connectivity index (χ2v) is 7.40. The molecule has 0 aliphatic carbocycles. The van der Waals surface area contributed by atoms with Gasteiger partial charge in [0.1, 0.15) is 5.60 Å². The molecular weight excluding hydrogens is 351 g/mol. The molecule has 0 spiro atoms. The number of alkyl halides is 3. The number of aromatic nitrogens is 2. The van der Waals surface area contributed by atoms with Gasteiger partial charge in [0, 0.05) is 13.1 Å². The first kappa shape index (κ1) is 18.3. The Morgan fingerprint density at radius 1 is 1.27 bits per heavy atom. The molecule has 1 aromatic heterocycles. The van der Waals surface area contributed by atoms with Crippen molar-refractivity contribution in [3.05, 3.63) is 34.2 Å². The Hall–Kier alpha value is -2.45. The largest absolute Gasteiger partial charge is 0.444 e. The third-order valence-electron chi connectivity index (χ3n) is 4.22. The van der Waals surface area contributed by atoms with Crippen molar-refractivity contribution in [2.45, 2.75) is 45.0 Å². The van der Waals surface area contributed by atoms with Crippen molar-refractivity contribution in [2.24, 2.45) is 0 Å². The topological polar surface area (TPSA) is 67.3 Å². The van der Waals surface area contributed by atoms with Gasteiger partial charge in [-0.2, -0.15) is 13.2 Å². The number of carbonyl (C=O) groups is 1. The Labute approximate surface area is 147 Å². The molecule has 0 bridgehead atoms. The highest BCUT2D eigenvalue weighted by atomic mass is 19.4. The zero-order valence-corrected chi connectivity index (χ0v) is 14.7. The maximum absolute atomic E-state index is 12.8. The minimum atomic E-state index is -4.48. The van der Waals surface area contributed by atoms with E-state index >= 15 is 0 Å². The number of imidazole rings is 1. The summed E-state index contributed by atoms with van der Waals surface area (Å²) in [6.45, 7) is 5.98. The first-order valence-corrected chi connectivity index (χ1v) is 8.25. The Morgan fingerprint density at radius 3 is 2.58 bits per heavy atom. The summed E-state index contributed by atoms with van der Waals surface area (Å²) in [4.78, 5) is 28.4. The van der Waals surface area contributed by atoms with Crippen LogP contribution in [0.25, 0.3) is 11.0 Å². The van der Waals surface area contributed by atoms with E-state index in [-0.39, 0.29) is 18.1 Å². The molecule has 1 N–H and O–H groups in total. The first-order valence-electron chi connectivity index (χ1n) is 8.25. The molecule has 9 heteroatoms. The lowest BCUT2D eigenvalue weighted by atomic mass is 10.2. The summed E-state index contributed by atoms with van der Waals surface area (Å²) in [5, 5.41) is 0. The van der Waals surface area contributed by atoms with Crippen LogP contribution in [0.2, 0.25) is 0 Å². The van der Waals surface area contributed by atoms with Crippen molar-refractivity contribution < 1.29 is 22.7 Å². The average molecular weight is 371 g/mol. The molecule has 142 valence electrons. The summed E-state index contributed by atoms with van der Waals surface area (Å²) < 4.78 is 45.3. The number of hydrogen-bond donors (Lipinski definition) is 1. The molecule has 0 unspecified atom stereocenters. The second kappa shape index (κ2) is 6.07. The van der Waals surface area contributed by atoms with Crippen LogP contribution < -0.4 is 5.69 Å². The Balaban J connectivity index is 1.86. The van der Waals surface area contributed by atoms with E-state index in [0.29, 0.717) is 18.5 Å². The van der Waals surface area contributed by atoms with E-state index in [1.54, 1.807) is 20.8 Å². The summed E-state index contributed by atoms with van der Waals surface area (Å²) in [6.07, 6.45) is -4.42. The number of rotatable bonds is 1. The van der Waals surface area contributed by atoms with Gasteiger partial charge < -0.3 is 14.6 Å². The molecular formula is C17H20F3N3O3. The monoisotopic (exact) mass is 371 g/mol. The highest BCUT2D eigenvalue weighted by molar-refractivity contribution is 5.76. The predicted molar refractivity (Wildman–Crippen MR) is 89.0 cm³/mol. The number of nitrogens with one attached hydrogen (secondary N) is 1. The van der Waals surface area contributed by atoms with E-state index in [0.717, 1.165) is 12.1 Å². The summed E-state index contributed by atoms with van der Waals surface area (Å²) in [6, 6.07) is 2.84. The van der Waals surface area contributed by atoms with Gasteiger partial charge in [-0.05, 0) is 45.4 Å². The normalized spacial score (nSPS) is 18.5. The smallest absolute Gasteiger partial charge is 0.416 e.